The number of aliphatic hydroxyl groups is 1. The number of aryl methyl sites for hydroxylation is 2. The summed E-state index contributed by atoms with van der Waals surface area (Å²) in [6.45, 7) is 7.68. The van der Waals surface area contributed by atoms with Crippen LogP contribution < -0.4 is 14.4 Å². The van der Waals surface area contributed by atoms with Gasteiger partial charge in [-0.15, -0.1) is 0 Å². The monoisotopic (exact) mass is 499 g/mol. The summed E-state index contributed by atoms with van der Waals surface area (Å²) >= 11 is 0. The number of carbonyl (C=O) groups excluding carboxylic acids is 3. The summed E-state index contributed by atoms with van der Waals surface area (Å²) in [5.74, 6) is -1.43. The van der Waals surface area contributed by atoms with Crippen molar-refractivity contribution in [2.24, 2.45) is 0 Å². The van der Waals surface area contributed by atoms with E-state index in [1.807, 2.05) is 39.0 Å². The van der Waals surface area contributed by atoms with E-state index >= 15 is 0 Å². The first-order chi connectivity index (χ1) is 17.7. The number of hydrogen-bond acceptors (Lipinski definition) is 6. The fourth-order valence-electron chi connectivity index (χ4n) is 4.50. The van der Waals surface area contributed by atoms with Gasteiger partial charge in [-0.1, -0.05) is 25.1 Å². The molecule has 0 aromatic heterocycles. The van der Waals surface area contributed by atoms with E-state index in [0.29, 0.717) is 29.2 Å². The fraction of sp³-hybridized carbons (Fsp3) is 0.233. The first-order valence-electron chi connectivity index (χ1n) is 12.1. The molecule has 190 valence electrons. The molecule has 1 saturated heterocycles. The first kappa shape index (κ1) is 25.7. The number of esters is 1. The van der Waals surface area contributed by atoms with Crippen LogP contribution in [0.15, 0.2) is 72.3 Å². The van der Waals surface area contributed by atoms with Crippen LogP contribution in [0.1, 0.15) is 48.6 Å². The zero-order valence-corrected chi connectivity index (χ0v) is 21.3. The van der Waals surface area contributed by atoms with Gasteiger partial charge in [-0.3, -0.25) is 19.3 Å². The van der Waals surface area contributed by atoms with Crippen molar-refractivity contribution < 1.29 is 29.0 Å². The number of nitrogens with zero attached hydrogens (tertiary/aromatic N) is 1. The molecule has 0 radical (unpaired) electrons. The van der Waals surface area contributed by atoms with E-state index in [9.17, 15) is 19.5 Å². The molecule has 0 aliphatic carbocycles. The average Bonchev–Trinajstić information content (AvgIpc) is 3.12. The molecule has 1 amide bonds. The molecule has 1 fully saturated rings. The first-order valence-corrected chi connectivity index (χ1v) is 12.1. The number of hydrogen-bond donors (Lipinski definition) is 1. The third-order valence-corrected chi connectivity index (χ3v) is 5.97. The molecule has 0 spiro atoms. The van der Waals surface area contributed by atoms with Crippen LogP contribution in [0.5, 0.6) is 11.5 Å². The van der Waals surface area contributed by atoms with E-state index in [-0.39, 0.29) is 17.1 Å². The molecule has 7 nitrogen and oxygen atoms in total. The highest BCUT2D eigenvalue weighted by Crippen LogP contribution is 2.43. The van der Waals surface area contributed by atoms with Gasteiger partial charge in [0.05, 0.1) is 18.2 Å². The lowest BCUT2D eigenvalue weighted by atomic mass is 9.94. The number of amides is 1. The maximum Gasteiger partial charge on any atom is 0.308 e. The third kappa shape index (κ3) is 5.40. The van der Waals surface area contributed by atoms with E-state index in [1.54, 1.807) is 48.5 Å². The number of rotatable bonds is 7. The highest BCUT2D eigenvalue weighted by atomic mass is 16.5. The van der Waals surface area contributed by atoms with Crippen LogP contribution in [0.25, 0.3) is 5.76 Å². The SMILES string of the molecule is CCCOc1ccc(/C(O)=C2\C(=O)C(=O)N(c3cc(C)cc(C)c3)C2c2cccc(OC(C)=O)c2)cc1. The molecule has 7 heteroatoms. The minimum atomic E-state index is -0.937. The summed E-state index contributed by atoms with van der Waals surface area (Å²) < 4.78 is 10.9. The summed E-state index contributed by atoms with van der Waals surface area (Å²) in [7, 11) is 0. The normalized spacial score (nSPS) is 16.6. The van der Waals surface area contributed by atoms with E-state index in [1.165, 1.54) is 11.8 Å². The molecule has 37 heavy (non-hydrogen) atoms. The van der Waals surface area contributed by atoms with Gasteiger partial charge in [0, 0.05) is 18.2 Å². The largest absolute Gasteiger partial charge is 0.507 e. The Kier molecular flexibility index (Phi) is 7.43. The Morgan fingerprint density at radius 2 is 1.62 bits per heavy atom. The maximum absolute atomic E-state index is 13.4. The van der Waals surface area contributed by atoms with Crippen molar-refractivity contribution >= 4 is 29.1 Å². The Labute approximate surface area is 215 Å². The second kappa shape index (κ2) is 10.7. The number of benzene rings is 3. The highest BCUT2D eigenvalue weighted by Gasteiger charge is 2.47. The van der Waals surface area contributed by atoms with Crippen LogP contribution in [0.4, 0.5) is 5.69 Å². The molecule has 1 atom stereocenters. The second-order valence-corrected chi connectivity index (χ2v) is 9.05. The van der Waals surface area contributed by atoms with E-state index in [4.69, 9.17) is 9.47 Å². The van der Waals surface area contributed by atoms with Crippen LogP contribution in [-0.4, -0.2) is 29.4 Å². The van der Waals surface area contributed by atoms with E-state index < -0.39 is 23.7 Å². The van der Waals surface area contributed by atoms with Crippen LogP contribution >= 0.6 is 0 Å². The molecule has 1 unspecified atom stereocenters. The molecule has 1 heterocycles. The molecule has 1 N–H and O–H groups in total. The lowest BCUT2D eigenvalue weighted by Crippen LogP contribution is -2.29. The summed E-state index contributed by atoms with van der Waals surface area (Å²) in [4.78, 5) is 39.8. The topological polar surface area (TPSA) is 93.1 Å². The quantitative estimate of drug-likeness (QED) is 0.149. The highest BCUT2D eigenvalue weighted by molar-refractivity contribution is 6.51. The number of ether oxygens (including phenoxy) is 2. The Morgan fingerprint density at radius 1 is 0.946 bits per heavy atom. The van der Waals surface area contributed by atoms with E-state index in [2.05, 4.69) is 0 Å². The second-order valence-electron chi connectivity index (χ2n) is 9.05. The maximum atomic E-state index is 13.4. The van der Waals surface area contributed by atoms with Gasteiger partial charge in [0.25, 0.3) is 11.7 Å². The van der Waals surface area contributed by atoms with Crippen molar-refractivity contribution in [3.05, 3.63) is 94.6 Å². The van der Waals surface area contributed by atoms with Crippen molar-refractivity contribution in [1.29, 1.82) is 0 Å². The Hall–Kier alpha value is -4.39. The molecule has 3 aromatic carbocycles. The summed E-state index contributed by atoms with van der Waals surface area (Å²) in [6.07, 6.45) is 0.857. The van der Waals surface area contributed by atoms with Crippen LogP contribution in [0.3, 0.4) is 0 Å². The molecular weight excluding hydrogens is 470 g/mol. The zero-order chi connectivity index (χ0) is 26.7. The molecule has 4 rings (SSSR count). The smallest absolute Gasteiger partial charge is 0.308 e. The van der Waals surface area contributed by atoms with Gasteiger partial charge in [0.2, 0.25) is 0 Å². The lowest BCUT2D eigenvalue weighted by molar-refractivity contribution is -0.132. The van der Waals surface area contributed by atoms with Crippen molar-refractivity contribution in [2.45, 2.75) is 40.2 Å². The predicted molar refractivity (Wildman–Crippen MR) is 141 cm³/mol. The number of anilines is 1. The van der Waals surface area contributed by atoms with Gasteiger partial charge < -0.3 is 14.6 Å². The standard InChI is InChI=1S/C30H29NO6/c1-5-13-36-24-11-9-21(10-12-24)28(33)26-27(22-7-6-8-25(17-22)37-20(4)32)31(30(35)29(26)34)23-15-18(2)14-19(3)16-23/h6-12,14-17,27,33H,5,13H2,1-4H3/b28-26+. The summed E-state index contributed by atoms with van der Waals surface area (Å²) in [6, 6.07) is 18.0. The summed E-state index contributed by atoms with van der Waals surface area (Å²) in [5.41, 5.74) is 3.22. The van der Waals surface area contributed by atoms with Crippen LogP contribution in [0.2, 0.25) is 0 Å². The molecule has 1 aliphatic heterocycles. The van der Waals surface area contributed by atoms with Crippen molar-refractivity contribution in [3.8, 4) is 11.5 Å². The van der Waals surface area contributed by atoms with Crippen molar-refractivity contribution in [2.75, 3.05) is 11.5 Å². The number of ketones is 1. The number of Topliss-reactive ketones (excluding diaryl/α,β-unsaturated/α-hetero) is 1. The Balaban J connectivity index is 1.89. The van der Waals surface area contributed by atoms with Gasteiger partial charge in [0.1, 0.15) is 17.3 Å². The average molecular weight is 500 g/mol. The van der Waals surface area contributed by atoms with Gasteiger partial charge >= 0.3 is 5.97 Å². The van der Waals surface area contributed by atoms with Gasteiger partial charge in [-0.25, -0.2) is 0 Å². The lowest BCUT2D eigenvalue weighted by Gasteiger charge is -2.26. The minimum absolute atomic E-state index is 0.0497. The molecule has 0 saturated carbocycles. The van der Waals surface area contributed by atoms with Crippen molar-refractivity contribution in [3.63, 3.8) is 0 Å². The number of aliphatic hydroxyl groups excluding tert-OH is 1. The predicted octanol–water partition coefficient (Wildman–Crippen LogP) is 5.64. The van der Waals surface area contributed by atoms with Gasteiger partial charge in [0.15, 0.2) is 0 Å². The van der Waals surface area contributed by atoms with Crippen LogP contribution in [0, 0.1) is 13.8 Å². The Bertz CT molecular complexity index is 1370. The van der Waals surface area contributed by atoms with Gasteiger partial charge in [-0.05, 0) is 85.5 Å². The molecule has 1 aliphatic rings. The molecule has 0 bridgehead atoms. The third-order valence-electron chi connectivity index (χ3n) is 5.97. The van der Waals surface area contributed by atoms with Crippen LogP contribution in [-0.2, 0) is 14.4 Å². The molecule has 3 aromatic rings. The fourth-order valence-corrected chi connectivity index (χ4v) is 4.50. The minimum Gasteiger partial charge on any atom is -0.507 e. The summed E-state index contributed by atoms with van der Waals surface area (Å²) in [5, 5.41) is 11.3. The van der Waals surface area contributed by atoms with E-state index in [0.717, 1.165) is 17.5 Å². The van der Waals surface area contributed by atoms with Gasteiger partial charge in [-0.2, -0.15) is 0 Å². The Morgan fingerprint density at radius 3 is 2.24 bits per heavy atom. The molecular formula is C30H29NO6. The number of carbonyl (C=O) groups is 3. The zero-order valence-electron chi connectivity index (χ0n) is 21.3. The van der Waals surface area contributed by atoms with Crippen molar-refractivity contribution in [1.82, 2.24) is 0 Å².